The van der Waals surface area contributed by atoms with Crippen molar-refractivity contribution >= 4 is 11.7 Å². The molecule has 2 aromatic rings. The van der Waals surface area contributed by atoms with Crippen LogP contribution in [0.2, 0.25) is 0 Å². The highest BCUT2D eigenvalue weighted by Crippen LogP contribution is 2.32. The Kier molecular flexibility index (Phi) is 4.68. The van der Waals surface area contributed by atoms with Crippen molar-refractivity contribution in [3.63, 3.8) is 0 Å². The molecule has 0 aliphatic carbocycles. The first-order valence-electron chi connectivity index (χ1n) is 9.65. The summed E-state index contributed by atoms with van der Waals surface area (Å²) in [5.74, 6) is 2.09. The largest absolute Gasteiger partial charge is 0.356 e. The Bertz CT molecular complexity index is 913. The molecule has 1 fully saturated rings. The minimum Gasteiger partial charge on any atom is -0.356 e. The molecular weight excluding hydrogens is 342 g/mol. The topological polar surface area (TPSA) is 91.0 Å². The summed E-state index contributed by atoms with van der Waals surface area (Å²) in [6, 6.07) is 3.70. The lowest BCUT2D eigenvalue weighted by Gasteiger charge is -2.35. The van der Waals surface area contributed by atoms with Crippen LogP contribution in [0.15, 0.2) is 23.1 Å². The summed E-state index contributed by atoms with van der Waals surface area (Å²) in [5, 5.41) is 2.89. The third-order valence-corrected chi connectivity index (χ3v) is 5.46. The van der Waals surface area contributed by atoms with Crippen LogP contribution in [0.5, 0.6) is 0 Å². The van der Waals surface area contributed by atoms with Crippen LogP contribution in [0.4, 0.5) is 5.82 Å². The zero-order valence-corrected chi connectivity index (χ0v) is 15.8. The molecule has 0 saturated carbocycles. The van der Waals surface area contributed by atoms with Crippen molar-refractivity contribution in [1.82, 2.24) is 20.3 Å². The van der Waals surface area contributed by atoms with E-state index in [1.807, 2.05) is 19.9 Å². The Hall–Kier alpha value is -2.70. The highest BCUT2D eigenvalue weighted by Gasteiger charge is 2.29. The Morgan fingerprint density at radius 2 is 1.96 bits per heavy atom. The average molecular weight is 367 g/mol. The number of piperidine rings is 1. The number of amides is 1. The Balaban J connectivity index is 1.61. The highest BCUT2D eigenvalue weighted by atomic mass is 16.2. The van der Waals surface area contributed by atoms with Crippen molar-refractivity contribution in [3.8, 4) is 0 Å². The molecule has 2 aliphatic heterocycles. The molecule has 0 unspecified atom stereocenters. The van der Waals surface area contributed by atoms with E-state index in [0.717, 1.165) is 55.1 Å². The number of aromatic amines is 1. The number of carbonyl (C=O) groups is 1. The van der Waals surface area contributed by atoms with Gasteiger partial charge in [-0.1, -0.05) is 13.8 Å². The number of hydrogen-bond donors (Lipinski definition) is 2. The molecule has 2 N–H and O–H groups in total. The number of rotatable bonds is 3. The Morgan fingerprint density at radius 1 is 1.19 bits per heavy atom. The number of anilines is 1. The van der Waals surface area contributed by atoms with Crippen molar-refractivity contribution < 1.29 is 4.79 Å². The SMILES string of the molecule is CC(C)c1nc2c(c(N3CCC(c4cc[nH]c(=O)c4)CC3)n1)CCNC2=O. The first-order chi connectivity index (χ1) is 13.0. The van der Waals surface area contributed by atoms with Crippen LogP contribution in [0, 0.1) is 0 Å². The number of carbonyl (C=O) groups excluding carboxylic acids is 1. The first kappa shape index (κ1) is 17.7. The van der Waals surface area contributed by atoms with Crippen LogP contribution in [0.3, 0.4) is 0 Å². The maximum absolute atomic E-state index is 12.3. The van der Waals surface area contributed by atoms with Gasteiger partial charge in [-0.2, -0.15) is 0 Å². The van der Waals surface area contributed by atoms with Crippen LogP contribution in [-0.4, -0.2) is 40.5 Å². The predicted molar refractivity (Wildman–Crippen MR) is 103 cm³/mol. The Morgan fingerprint density at radius 3 is 2.67 bits per heavy atom. The minimum absolute atomic E-state index is 0.0487. The molecule has 7 nitrogen and oxygen atoms in total. The zero-order chi connectivity index (χ0) is 19.0. The molecule has 0 radical (unpaired) electrons. The molecular formula is C20H25N5O2. The first-order valence-corrected chi connectivity index (χ1v) is 9.65. The summed E-state index contributed by atoms with van der Waals surface area (Å²) in [6.45, 7) is 6.45. The van der Waals surface area contributed by atoms with E-state index in [1.54, 1.807) is 12.3 Å². The monoisotopic (exact) mass is 367 g/mol. The van der Waals surface area contributed by atoms with Gasteiger partial charge < -0.3 is 15.2 Å². The van der Waals surface area contributed by atoms with Crippen LogP contribution in [0.1, 0.15) is 66.0 Å². The van der Waals surface area contributed by atoms with Crippen LogP contribution in [-0.2, 0) is 6.42 Å². The third kappa shape index (κ3) is 3.46. The summed E-state index contributed by atoms with van der Waals surface area (Å²) in [6.07, 6.45) is 4.41. The van der Waals surface area contributed by atoms with Gasteiger partial charge >= 0.3 is 0 Å². The van der Waals surface area contributed by atoms with E-state index in [2.05, 4.69) is 20.2 Å². The fourth-order valence-electron chi connectivity index (χ4n) is 3.95. The number of nitrogens with zero attached hydrogens (tertiary/aromatic N) is 3. The molecule has 0 bridgehead atoms. The van der Waals surface area contributed by atoms with Gasteiger partial charge in [0.1, 0.15) is 17.3 Å². The van der Waals surface area contributed by atoms with Gasteiger partial charge in [-0.25, -0.2) is 9.97 Å². The summed E-state index contributed by atoms with van der Waals surface area (Å²) in [7, 11) is 0. The van der Waals surface area contributed by atoms with Gasteiger partial charge in [-0.3, -0.25) is 9.59 Å². The fraction of sp³-hybridized carbons (Fsp3) is 0.500. The number of pyridine rings is 1. The van der Waals surface area contributed by atoms with Crippen LogP contribution in [0.25, 0.3) is 0 Å². The van der Waals surface area contributed by atoms with Crippen molar-refractivity contribution in [2.45, 2.75) is 44.9 Å². The molecule has 7 heteroatoms. The number of aromatic nitrogens is 3. The standard InChI is InChI=1S/C20H25N5O2/c1-12(2)18-23-17-15(4-8-22-20(17)27)19(24-18)25-9-5-13(6-10-25)14-3-7-21-16(26)11-14/h3,7,11-13H,4-6,8-10H2,1-2H3,(H,21,26)(H,22,27). The zero-order valence-electron chi connectivity index (χ0n) is 15.8. The second-order valence-electron chi connectivity index (χ2n) is 7.64. The maximum Gasteiger partial charge on any atom is 0.270 e. The lowest BCUT2D eigenvalue weighted by molar-refractivity contribution is 0.0940. The summed E-state index contributed by atoms with van der Waals surface area (Å²) >= 11 is 0. The van der Waals surface area contributed by atoms with Crippen LogP contribution < -0.4 is 15.8 Å². The molecule has 1 saturated heterocycles. The van der Waals surface area contributed by atoms with Gasteiger partial charge in [-0.15, -0.1) is 0 Å². The van der Waals surface area contributed by atoms with Crippen molar-refractivity contribution in [1.29, 1.82) is 0 Å². The normalized spacial score (nSPS) is 17.7. The minimum atomic E-state index is -0.0970. The van der Waals surface area contributed by atoms with Crippen molar-refractivity contribution in [3.05, 3.63) is 51.3 Å². The molecule has 142 valence electrons. The molecule has 4 heterocycles. The van der Waals surface area contributed by atoms with E-state index in [4.69, 9.17) is 4.98 Å². The number of hydrogen-bond acceptors (Lipinski definition) is 5. The lowest BCUT2D eigenvalue weighted by Crippen LogP contribution is -2.39. The van der Waals surface area contributed by atoms with E-state index in [0.29, 0.717) is 18.2 Å². The second kappa shape index (κ2) is 7.13. The van der Waals surface area contributed by atoms with Gasteiger partial charge in [0.25, 0.3) is 5.91 Å². The van der Waals surface area contributed by atoms with Crippen LogP contribution >= 0.6 is 0 Å². The molecule has 4 rings (SSSR count). The quantitative estimate of drug-likeness (QED) is 0.865. The highest BCUT2D eigenvalue weighted by molar-refractivity contribution is 5.96. The smallest absolute Gasteiger partial charge is 0.270 e. The number of fused-ring (bicyclic) bond motifs is 1. The fourth-order valence-corrected chi connectivity index (χ4v) is 3.95. The van der Waals surface area contributed by atoms with Gasteiger partial charge in [0, 0.05) is 43.4 Å². The molecule has 2 aliphatic rings. The molecule has 0 spiro atoms. The summed E-state index contributed by atoms with van der Waals surface area (Å²) in [4.78, 5) is 38.2. The van der Waals surface area contributed by atoms with E-state index in [9.17, 15) is 9.59 Å². The number of H-pyrrole nitrogens is 1. The second-order valence-corrected chi connectivity index (χ2v) is 7.64. The van der Waals surface area contributed by atoms with Crippen molar-refractivity contribution in [2.24, 2.45) is 0 Å². The van der Waals surface area contributed by atoms with Crippen molar-refractivity contribution in [2.75, 3.05) is 24.5 Å². The molecule has 1 amide bonds. The Labute approximate surface area is 158 Å². The van der Waals surface area contributed by atoms with Gasteiger partial charge in [0.15, 0.2) is 0 Å². The maximum atomic E-state index is 12.3. The number of nitrogens with one attached hydrogen (secondary N) is 2. The molecule has 0 aromatic carbocycles. The average Bonchev–Trinajstić information content (AvgIpc) is 2.68. The van der Waals surface area contributed by atoms with E-state index >= 15 is 0 Å². The summed E-state index contributed by atoms with van der Waals surface area (Å²) in [5.41, 5.74) is 2.56. The summed E-state index contributed by atoms with van der Waals surface area (Å²) < 4.78 is 0. The van der Waals surface area contributed by atoms with E-state index < -0.39 is 0 Å². The molecule has 2 aromatic heterocycles. The lowest BCUT2D eigenvalue weighted by atomic mass is 9.89. The van der Waals surface area contributed by atoms with E-state index in [-0.39, 0.29) is 17.4 Å². The van der Waals surface area contributed by atoms with E-state index in [1.165, 1.54) is 0 Å². The van der Waals surface area contributed by atoms with Gasteiger partial charge in [0.2, 0.25) is 5.56 Å². The van der Waals surface area contributed by atoms with Gasteiger partial charge in [-0.05, 0) is 36.8 Å². The molecule has 0 atom stereocenters. The molecule has 27 heavy (non-hydrogen) atoms. The predicted octanol–water partition coefficient (Wildman–Crippen LogP) is 1.96. The van der Waals surface area contributed by atoms with Gasteiger partial charge in [0.05, 0.1) is 0 Å². The third-order valence-electron chi connectivity index (χ3n) is 5.46.